The minimum Gasteiger partial charge on any atom is -0.350 e. The van der Waals surface area contributed by atoms with E-state index in [1.807, 2.05) is 31.2 Å². The molecule has 2 aromatic rings. The molecule has 11 heteroatoms. The van der Waals surface area contributed by atoms with Crippen molar-refractivity contribution in [2.24, 2.45) is 0 Å². The van der Waals surface area contributed by atoms with Crippen molar-refractivity contribution in [2.75, 3.05) is 19.7 Å². The Morgan fingerprint density at radius 3 is 2.58 bits per heavy atom. The van der Waals surface area contributed by atoms with Crippen LogP contribution in [0.4, 0.5) is 13.2 Å². The number of hydrogen-bond donors (Lipinski definition) is 2. The van der Waals surface area contributed by atoms with Crippen LogP contribution in [0.5, 0.6) is 0 Å². The molecule has 33 heavy (non-hydrogen) atoms. The van der Waals surface area contributed by atoms with Gasteiger partial charge in [-0.2, -0.15) is 17.5 Å². The predicted octanol–water partition coefficient (Wildman–Crippen LogP) is 3.13. The fourth-order valence-electron chi connectivity index (χ4n) is 3.21. The van der Waals surface area contributed by atoms with Gasteiger partial charge in [0, 0.05) is 31.8 Å². The lowest BCUT2D eigenvalue weighted by atomic mass is 10.1. The molecule has 0 unspecified atom stereocenters. The van der Waals surface area contributed by atoms with Crippen molar-refractivity contribution in [3.05, 3.63) is 77.0 Å². The molecule has 0 bridgehead atoms. The van der Waals surface area contributed by atoms with Crippen molar-refractivity contribution in [1.82, 2.24) is 15.1 Å². The first-order valence-electron chi connectivity index (χ1n) is 10.1. The number of benzene rings is 2. The highest BCUT2D eigenvalue weighted by atomic mass is 32.2. The smallest absolute Gasteiger partial charge is 0.350 e. The molecule has 1 amide bonds. The molecule has 0 saturated heterocycles. The molecule has 0 radical (unpaired) electrons. The number of aryl methyl sites for hydroxylation is 1. The van der Waals surface area contributed by atoms with Gasteiger partial charge >= 0.3 is 6.18 Å². The lowest BCUT2D eigenvalue weighted by Crippen LogP contribution is -2.37. The van der Waals surface area contributed by atoms with Crippen molar-refractivity contribution in [3.63, 3.8) is 0 Å². The molecule has 1 heterocycles. The van der Waals surface area contributed by atoms with Crippen molar-refractivity contribution in [2.45, 2.75) is 31.0 Å². The van der Waals surface area contributed by atoms with E-state index in [0.29, 0.717) is 18.3 Å². The van der Waals surface area contributed by atoms with Crippen LogP contribution < -0.4 is 10.8 Å². The summed E-state index contributed by atoms with van der Waals surface area (Å²) < 4.78 is 65.2. The van der Waals surface area contributed by atoms with Crippen LogP contribution in [-0.2, 0) is 32.4 Å². The number of rotatable bonds is 8. The molecular weight excluding hydrogens is 459 g/mol. The van der Waals surface area contributed by atoms with Gasteiger partial charge in [0.1, 0.15) is 0 Å². The summed E-state index contributed by atoms with van der Waals surface area (Å²) in [7, 11) is -4.08. The van der Waals surface area contributed by atoms with Gasteiger partial charge < -0.3 is 5.32 Å². The van der Waals surface area contributed by atoms with Gasteiger partial charge in [0.25, 0.3) is 0 Å². The van der Waals surface area contributed by atoms with E-state index in [9.17, 15) is 26.4 Å². The molecule has 1 aliphatic rings. The molecule has 0 spiro atoms. The number of nitrogens with one attached hydrogen (secondary N) is 2. The highest BCUT2D eigenvalue weighted by molar-refractivity contribution is 7.89. The van der Waals surface area contributed by atoms with Gasteiger partial charge in [-0.3, -0.25) is 15.1 Å². The maximum absolute atomic E-state index is 12.9. The maximum Gasteiger partial charge on any atom is 0.416 e. The fourth-order valence-corrected chi connectivity index (χ4v) is 4.64. The van der Waals surface area contributed by atoms with Crippen LogP contribution in [0.2, 0.25) is 0 Å². The topological polar surface area (TPSA) is 87.7 Å². The standard InChI is InChI=1S/C22H24F3N3O4S/c1-16-4-2-5-17(12-16)14-26-21(29)15-32-27-19-8-10-28(11-9-19)33(30,31)20-7-3-6-18(13-20)22(23,24)25/h2-8,12-13,27H,9-11,14-15H2,1H3,(H,26,29). The Balaban J connectivity index is 1.48. The second kappa shape index (κ2) is 10.4. The normalized spacial score (nSPS) is 15.1. The van der Waals surface area contributed by atoms with E-state index in [0.717, 1.165) is 33.6 Å². The summed E-state index contributed by atoms with van der Waals surface area (Å²) in [6, 6.07) is 11.4. The minimum atomic E-state index is -4.63. The van der Waals surface area contributed by atoms with Crippen LogP contribution in [-0.4, -0.2) is 38.3 Å². The highest BCUT2D eigenvalue weighted by Gasteiger charge is 2.33. The number of halogens is 3. The van der Waals surface area contributed by atoms with E-state index in [1.54, 1.807) is 6.08 Å². The summed E-state index contributed by atoms with van der Waals surface area (Å²) in [5, 5.41) is 2.73. The van der Waals surface area contributed by atoms with Gasteiger partial charge in [0.05, 0.1) is 10.5 Å². The molecule has 0 aromatic heterocycles. The van der Waals surface area contributed by atoms with Crippen molar-refractivity contribution in [1.29, 1.82) is 0 Å². The van der Waals surface area contributed by atoms with E-state index >= 15 is 0 Å². The summed E-state index contributed by atoms with van der Waals surface area (Å²) in [5.41, 5.74) is 4.25. The average Bonchev–Trinajstić information content (AvgIpc) is 2.78. The number of hydrogen-bond acceptors (Lipinski definition) is 5. The highest BCUT2D eigenvalue weighted by Crippen LogP contribution is 2.31. The number of alkyl halides is 3. The van der Waals surface area contributed by atoms with Crippen molar-refractivity contribution in [3.8, 4) is 0 Å². The largest absolute Gasteiger partial charge is 0.416 e. The molecule has 0 saturated carbocycles. The van der Waals surface area contributed by atoms with Crippen LogP contribution in [0, 0.1) is 6.92 Å². The molecule has 178 valence electrons. The quantitative estimate of drug-likeness (QED) is 0.564. The summed E-state index contributed by atoms with van der Waals surface area (Å²) in [6.07, 6.45) is -2.82. The van der Waals surface area contributed by atoms with Crippen LogP contribution in [0.15, 0.2) is 65.2 Å². The molecule has 0 fully saturated rings. The first-order chi connectivity index (χ1) is 15.6. The molecule has 0 atom stereocenters. The molecule has 2 N–H and O–H groups in total. The second-order valence-electron chi connectivity index (χ2n) is 7.52. The predicted molar refractivity (Wildman–Crippen MR) is 115 cm³/mol. The van der Waals surface area contributed by atoms with E-state index in [2.05, 4.69) is 10.8 Å². The van der Waals surface area contributed by atoms with Crippen LogP contribution in [0.1, 0.15) is 23.1 Å². The first-order valence-corrected chi connectivity index (χ1v) is 11.6. The molecule has 7 nitrogen and oxygen atoms in total. The summed E-state index contributed by atoms with van der Waals surface area (Å²) >= 11 is 0. The summed E-state index contributed by atoms with van der Waals surface area (Å²) in [4.78, 5) is 16.7. The Hall–Kier alpha value is -2.89. The van der Waals surface area contributed by atoms with Gasteiger partial charge in [0.2, 0.25) is 15.9 Å². The number of amides is 1. The first kappa shape index (κ1) is 24.7. The molecule has 0 aliphatic carbocycles. The zero-order valence-corrected chi connectivity index (χ0v) is 18.7. The van der Waals surface area contributed by atoms with Gasteiger partial charge in [-0.05, 0) is 36.8 Å². The third kappa shape index (κ3) is 6.80. The Kier molecular flexibility index (Phi) is 7.77. The van der Waals surface area contributed by atoms with Crippen LogP contribution >= 0.6 is 0 Å². The Morgan fingerprint density at radius 1 is 1.15 bits per heavy atom. The second-order valence-corrected chi connectivity index (χ2v) is 9.46. The fraction of sp³-hybridized carbons (Fsp3) is 0.318. The summed E-state index contributed by atoms with van der Waals surface area (Å²) in [6.45, 7) is 2.11. The number of nitrogens with zero attached hydrogens (tertiary/aromatic N) is 1. The third-order valence-corrected chi connectivity index (χ3v) is 6.81. The molecule has 1 aliphatic heterocycles. The van der Waals surface area contributed by atoms with Crippen molar-refractivity contribution < 1.29 is 31.2 Å². The number of carbonyl (C=O) groups excluding carboxylic acids is 1. The SMILES string of the molecule is Cc1cccc(CNC(=O)CONC2=CCN(S(=O)(=O)c3cccc(C(F)(F)F)c3)CC2)c1. The van der Waals surface area contributed by atoms with E-state index in [4.69, 9.17) is 4.84 Å². The van der Waals surface area contributed by atoms with E-state index in [-0.39, 0.29) is 32.0 Å². The summed E-state index contributed by atoms with van der Waals surface area (Å²) in [5.74, 6) is -0.325. The Labute approximate surface area is 190 Å². The van der Waals surface area contributed by atoms with E-state index < -0.39 is 26.7 Å². The minimum absolute atomic E-state index is 0.0379. The van der Waals surface area contributed by atoms with Gasteiger partial charge in [-0.25, -0.2) is 8.42 Å². The number of carbonyl (C=O) groups is 1. The molecule has 3 rings (SSSR count). The monoisotopic (exact) mass is 483 g/mol. The average molecular weight is 484 g/mol. The molecule has 2 aromatic carbocycles. The van der Waals surface area contributed by atoms with Gasteiger partial charge in [-0.15, -0.1) is 0 Å². The Bertz CT molecular complexity index is 1130. The van der Waals surface area contributed by atoms with Gasteiger partial charge in [-0.1, -0.05) is 35.9 Å². The lowest BCUT2D eigenvalue weighted by Gasteiger charge is -2.26. The third-order valence-electron chi connectivity index (χ3n) is 4.95. The van der Waals surface area contributed by atoms with Gasteiger partial charge in [0.15, 0.2) is 6.61 Å². The zero-order chi connectivity index (χ0) is 24.1. The lowest BCUT2D eigenvalue weighted by molar-refractivity contribution is -0.137. The van der Waals surface area contributed by atoms with Crippen LogP contribution in [0.25, 0.3) is 0 Å². The van der Waals surface area contributed by atoms with E-state index in [1.165, 1.54) is 0 Å². The number of sulfonamides is 1. The zero-order valence-electron chi connectivity index (χ0n) is 17.9. The Morgan fingerprint density at radius 2 is 1.91 bits per heavy atom. The van der Waals surface area contributed by atoms with Crippen LogP contribution in [0.3, 0.4) is 0 Å². The maximum atomic E-state index is 12.9. The number of hydroxylamine groups is 1. The molecular formula is C22H24F3N3O4S. The van der Waals surface area contributed by atoms with Crippen molar-refractivity contribution >= 4 is 15.9 Å².